The summed E-state index contributed by atoms with van der Waals surface area (Å²) in [4.78, 5) is 0. The molecular formula is C13H16. The minimum absolute atomic E-state index is 1.17. The monoisotopic (exact) mass is 172 g/mol. The van der Waals surface area contributed by atoms with Gasteiger partial charge in [-0.3, -0.25) is 0 Å². The van der Waals surface area contributed by atoms with Gasteiger partial charge in [-0.1, -0.05) is 60.8 Å². The molecule has 0 aromatic rings. The maximum absolute atomic E-state index is 2.21. The van der Waals surface area contributed by atoms with Crippen LogP contribution in [0.2, 0.25) is 0 Å². The lowest BCUT2D eigenvalue weighted by Gasteiger charge is -1.87. The van der Waals surface area contributed by atoms with Crippen molar-refractivity contribution in [3.63, 3.8) is 0 Å². The first-order valence-corrected chi connectivity index (χ1v) is 4.82. The fourth-order valence-corrected chi connectivity index (χ4v) is 1.09. The Hall–Kier alpha value is -1.30. The summed E-state index contributed by atoms with van der Waals surface area (Å²) in [5, 5.41) is 0. The molecule has 1 rings (SSSR count). The summed E-state index contributed by atoms with van der Waals surface area (Å²) in [6.07, 6.45) is 24.5. The van der Waals surface area contributed by atoms with Crippen molar-refractivity contribution in [2.75, 3.05) is 0 Å². The largest absolute Gasteiger partial charge is 0.0845 e. The van der Waals surface area contributed by atoms with Crippen molar-refractivity contribution < 1.29 is 0 Å². The molecule has 0 saturated heterocycles. The van der Waals surface area contributed by atoms with Crippen LogP contribution in [0.1, 0.15) is 19.3 Å². The van der Waals surface area contributed by atoms with Gasteiger partial charge < -0.3 is 0 Å². The number of rotatable bonds is 0. The highest BCUT2D eigenvalue weighted by Gasteiger charge is 1.78. The zero-order valence-corrected chi connectivity index (χ0v) is 7.89. The third-order valence-electron chi connectivity index (χ3n) is 1.79. The first-order chi connectivity index (χ1) is 6.50. The minimum Gasteiger partial charge on any atom is -0.0845 e. The molecule has 13 heavy (non-hydrogen) atoms. The summed E-state index contributed by atoms with van der Waals surface area (Å²) in [6, 6.07) is 0. The highest BCUT2D eigenvalue weighted by atomic mass is 13.8. The molecule has 0 aromatic carbocycles. The van der Waals surface area contributed by atoms with E-state index in [9.17, 15) is 0 Å². The van der Waals surface area contributed by atoms with E-state index in [2.05, 4.69) is 36.5 Å². The molecule has 0 heterocycles. The second kappa shape index (κ2) is 7.35. The minimum atomic E-state index is 1.17. The van der Waals surface area contributed by atoms with Gasteiger partial charge in [0.2, 0.25) is 0 Å². The third kappa shape index (κ3) is 5.92. The first-order valence-electron chi connectivity index (χ1n) is 4.82. The van der Waals surface area contributed by atoms with E-state index < -0.39 is 0 Å². The van der Waals surface area contributed by atoms with Gasteiger partial charge in [0.15, 0.2) is 0 Å². The smallest absolute Gasteiger partial charge is 0.0345 e. The van der Waals surface area contributed by atoms with Crippen molar-refractivity contribution in [2.24, 2.45) is 0 Å². The normalized spacial score (nSPS) is 30.2. The lowest BCUT2D eigenvalue weighted by molar-refractivity contribution is 0.868. The third-order valence-corrected chi connectivity index (χ3v) is 1.79. The molecule has 0 spiro atoms. The average molecular weight is 172 g/mol. The van der Waals surface area contributed by atoms with Crippen LogP contribution in [-0.4, -0.2) is 0 Å². The average Bonchev–Trinajstić information content (AvgIpc) is 2.18. The maximum Gasteiger partial charge on any atom is -0.0345 e. The molecule has 0 N–H and O–H groups in total. The first kappa shape index (κ1) is 9.79. The zero-order valence-electron chi connectivity index (χ0n) is 7.89. The Kier molecular flexibility index (Phi) is 5.54. The Bertz CT molecular complexity index is 223. The Morgan fingerprint density at radius 1 is 0.462 bits per heavy atom. The molecule has 0 amide bonds. The quantitative estimate of drug-likeness (QED) is 0.519. The van der Waals surface area contributed by atoms with E-state index in [0.29, 0.717) is 0 Å². The molecular weight excluding hydrogens is 156 g/mol. The van der Waals surface area contributed by atoms with E-state index >= 15 is 0 Å². The fraction of sp³-hybridized carbons (Fsp3) is 0.231. The van der Waals surface area contributed by atoms with Crippen LogP contribution in [-0.2, 0) is 0 Å². The van der Waals surface area contributed by atoms with Gasteiger partial charge in [-0.05, 0) is 19.3 Å². The highest BCUT2D eigenvalue weighted by Crippen LogP contribution is 1.99. The van der Waals surface area contributed by atoms with E-state index in [0.717, 1.165) is 0 Å². The molecule has 1 aliphatic carbocycles. The van der Waals surface area contributed by atoms with Crippen molar-refractivity contribution >= 4 is 0 Å². The predicted molar refractivity (Wildman–Crippen MR) is 59.6 cm³/mol. The van der Waals surface area contributed by atoms with E-state index in [-0.39, 0.29) is 0 Å². The van der Waals surface area contributed by atoms with Gasteiger partial charge in [0.05, 0.1) is 0 Å². The summed E-state index contributed by atoms with van der Waals surface area (Å²) in [7, 11) is 0. The highest BCUT2D eigenvalue weighted by molar-refractivity contribution is 5.18. The molecule has 0 saturated carbocycles. The van der Waals surface area contributed by atoms with Crippen molar-refractivity contribution in [3.05, 3.63) is 60.8 Å². The lowest BCUT2D eigenvalue weighted by atomic mass is 10.2. The summed E-state index contributed by atoms with van der Waals surface area (Å²) in [5.74, 6) is 0. The van der Waals surface area contributed by atoms with Crippen LogP contribution in [0.3, 0.4) is 0 Å². The van der Waals surface area contributed by atoms with Crippen LogP contribution in [0.5, 0.6) is 0 Å². The molecule has 1 aliphatic rings. The van der Waals surface area contributed by atoms with E-state index in [4.69, 9.17) is 0 Å². The molecule has 0 unspecified atom stereocenters. The molecule has 0 aromatic heterocycles. The van der Waals surface area contributed by atoms with Crippen LogP contribution in [0, 0.1) is 0 Å². The molecule has 0 heteroatoms. The van der Waals surface area contributed by atoms with Gasteiger partial charge in [-0.25, -0.2) is 0 Å². The number of hydrogen-bond acceptors (Lipinski definition) is 0. The van der Waals surface area contributed by atoms with Crippen LogP contribution in [0.15, 0.2) is 60.8 Å². The standard InChI is InChI=1S/C13H16/c1-2-4-6-8-10-12-13-11-9-7-5-3-1/h1-10H,11-13H2/b2-1+,5-3-,6-4-,9-7-,10-8+. The lowest BCUT2D eigenvalue weighted by Crippen LogP contribution is -1.67. The Balaban J connectivity index is 2.51. The van der Waals surface area contributed by atoms with Crippen molar-refractivity contribution in [2.45, 2.75) is 19.3 Å². The van der Waals surface area contributed by atoms with Crippen LogP contribution in [0.25, 0.3) is 0 Å². The van der Waals surface area contributed by atoms with Crippen LogP contribution < -0.4 is 0 Å². The van der Waals surface area contributed by atoms with E-state index in [1.807, 2.05) is 24.3 Å². The van der Waals surface area contributed by atoms with Gasteiger partial charge in [0, 0.05) is 0 Å². The van der Waals surface area contributed by atoms with Crippen molar-refractivity contribution in [3.8, 4) is 0 Å². The second-order valence-corrected chi connectivity index (χ2v) is 2.94. The summed E-state index contributed by atoms with van der Waals surface area (Å²) in [6.45, 7) is 0. The van der Waals surface area contributed by atoms with Gasteiger partial charge >= 0.3 is 0 Å². The van der Waals surface area contributed by atoms with E-state index in [1.54, 1.807) is 0 Å². The Labute approximate surface area is 80.7 Å². The Morgan fingerprint density at radius 2 is 0.846 bits per heavy atom. The molecule has 0 bridgehead atoms. The number of hydrogen-bond donors (Lipinski definition) is 0. The molecule has 0 radical (unpaired) electrons. The zero-order chi connectivity index (χ0) is 9.19. The molecule has 0 aliphatic heterocycles. The molecule has 0 nitrogen and oxygen atoms in total. The van der Waals surface area contributed by atoms with Gasteiger partial charge in [0.25, 0.3) is 0 Å². The second-order valence-electron chi connectivity index (χ2n) is 2.94. The fourth-order valence-electron chi connectivity index (χ4n) is 1.09. The van der Waals surface area contributed by atoms with Crippen molar-refractivity contribution in [1.29, 1.82) is 0 Å². The van der Waals surface area contributed by atoms with Crippen molar-refractivity contribution in [1.82, 2.24) is 0 Å². The van der Waals surface area contributed by atoms with Gasteiger partial charge in [-0.15, -0.1) is 0 Å². The summed E-state index contributed by atoms with van der Waals surface area (Å²) < 4.78 is 0. The Morgan fingerprint density at radius 3 is 1.31 bits per heavy atom. The number of allylic oxidation sites excluding steroid dienone is 10. The van der Waals surface area contributed by atoms with Crippen LogP contribution >= 0.6 is 0 Å². The molecule has 0 fully saturated rings. The molecule has 0 atom stereocenters. The van der Waals surface area contributed by atoms with Gasteiger partial charge in [0.1, 0.15) is 0 Å². The topological polar surface area (TPSA) is 0 Å². The summed E-state index contributed by atoms with van der Waals surface area (Å²) >= 11 is 0. The van der Waals surface area contributed by atoms with Crippen LogP contribution in [0.4, 0.5) is 0 Å². The maximum atomic E-state index is 2.21. The molecule has 68 valence electrons. The van der Waals surface area contributed by atoms with Gasteiger partial charge in [-0.2, -0.15) is 0 Å². The predicted octanol–water partition coefficient (Wildman–Crippen LogP) is 3.95. The van der Waals surface area contributed by atoms with E-state index in [1.165, 1.54) is 19.3 Å². The SMILES string of the molecule is C1=C\C=C\C=C/C=C/CCC\C=C/1. The summed E-state index contributed by atoms with van der Waals surface area (Å²) in [5.41, 5.74) is 0.